The summed E-state index contributed by atoms with van der Waals surface area (Å²) in [5.41, 5.74) is 0. The van der Waals surface area contributed by atoms with Crippen molar-refractivity contribution < 1.29 is 5.11 Å². The molecule has 0 aromatic carbocycles. The lowest BCUT2D eigenvalue weighted by molar-refractivity contribution is 0.0826. The lowest BCUT2D eigenvalue weighted by Crippen LogP contribution is -2.24. The van der Waals surface area contributed by atoms with Crippen LogP contribution in [0.2, 0.25) is 0 Å². The Bertz CT molecular complexity index is 109. The first kappa shape index (κ1) is 9.05. The van der Waals surface area contributed by atoms with E-state index in [-0.39, 0.29) is 6.10 Å². The summed E-state index contributed by atoms with van der Waals surface area (Å²) < 4.78 is 0. The van der Waals surface area contributed by atoms with E-state index in [1.165, 1.54) is 32.1 Å². The molecule has 0 saturated heterocycles. The van der Waals surface area contributed by atoms with Crippen molar-refractivity contribution in [2.24, 2.45) is 11.8 Å². The first-order valence-corrected chi connectivity index (χ1v) is 4.92. The number of aliphatic hydroxyl groups excluding tert-OH is 1. The maximum atomic E-state index is 9.39. The van der Waals surface area contributed by atoms with Crippen LogP contribution in [0.5, 0.6) is 0 Å². The zero-order valence-electron chi connectivity index (χ0n) is 7.71. The molecule has 0 radical (unpaired) electrons. The number of hydrogen-bond donors (Lipinski definition) is 1. The highest BCUT2D eigenvalue weighted by atomic mass is 16.3. The van der Waals surface area contributed by atoms with E-state index in [2.05, 4.69) is 6.92 Å². The Morgan fingerprint density at radius 1 is 1.45 bits per heavy atom. The minimum absolute atomic E-state index is 0.0793. The molecule has 11 heavy (non-hydrogen) atoms. The van der Waals surface area contributed by atoms with Crippen molar-refractivity contribution in [3.05, 3.63) is 0 Å². The molecule has 0 aliphatic heterocycles. The van der Waals surface area contributed by atoms with Gasteiger partial charge in [-0.3, -0.25) is 0 Å². The lowest BCUT2D eigenvalue weighted by atomic mass is 9.78. The van der Waals surface area contributed by atoms with E-state index in [0.717, 1.165) is 5.92 Å². The van der Waals surface area contributed by atoms with E-state index < -0.39 is 0 Å². The Morgan fingerprint density at radius 2 is 2.18 bits per heavy atom. The standard InChI is InChI=1S/C10H20O/c1-3-9-5-4-6-10(7-9)8(2)11/h8-11H,3-7H2,1-2H3. The lowest BCUT2D eigenvalue weighted by Gasteiger charge is -2.30. The van der Waals surface area contributed by atoms with Crippen LogP contribution in [0.3, 0.4) is 0 Å². The van der Waals surface area contributed by atoms with E-state index >= 15 is 0 Å². The first-order chi connectivity index (χ1) is 5.24. The smallest absolute Gasteiger partial charge is 0.0540 e. The van der Waals surface area contributed by atoms with Crippen LogP contribution in [0.1, 0.15) is 46.0 Å². The predicted octanol–water partition coefficient (Wildman–Crippen LogP) is 2.58. The van der Waals surface area contributed by atoms with Crippen LogP contribution in [-0.2, 0) is 0 Å². The molecule has 0 amide bonds. The summed E-state index contributed by atoms with van der Waals surface area (Å²) >= 11 is 0. The van der Waals surface area contributed by atoms with Crippen LogP contribution in [0.4, 0.5) is 0 Å². The van der Waals surface area contributed by atoms with Crippen molar-refractivity contribution >= 4 is 0 Å². The number of hydrogen-bond acceptors (Lipinski definition) is 1. The fraction of sp³-hybridized carbons (Fsp3) is 1.00. The molecule has 0 aromatic rings. The van der Waals surface area contributed by atoms with Gasteiger partial charge in [-0.15, -0.1) is 0 Å². The van der Waals surface area contributed by atoms with Gasteiger partial charge in [-0.05, 0) is 31.6 Å². The van der Waals surface area contributed by atoms with E-state index in [9.17, 15) is 5.11 Å². The molecular weight excluding hydrogens is 136 g/mol. The topological polar surface area (TPSA) is 20.2 Å². The summed E-state index contributed by atoms with van der Waals surface area (Å²) in [5.74, 6) is 1.48. The second kappa shape index (κ2) is 4.10. The maximum Gasteiger partial charge on any atom is 0.0540 e. The minimum atomic E-state index is -0.0793. The molecule has 1 heteroatoms. The molecule has 1 N–H and O–H groups in total. The maximum absolute atomic E-state index is 9.39. The van der Waals surface area contributed by atoms with Gasteiger partial charge >= 0.3 is 0 Å². The highest BCUT2D eigenvalue weighted by molar-refractivity contribution is 4.75. The quantitative estimate of drug-likeness (QED) is 0.651. The van der Waals surface area contributed by atoms with Crippen molar-refractivity contribution in [3.63, 3.8) is 0 Å². The Morgan fingerprint density at radius 3 is 2.73 bits per heavy atom. The third-order valence-corrected chi connectivity index (χ3v) is 3.08. The van der Waals surface area contributed by atoms with E-state index in [1.807, 2.05) is 6.92 Å². The van der Waals surface area contributed by atoms with Gasteiger partial charge < -0.3 is 5.11 Å². The SMILES string of the molecule is CCC1CCCC(C(C)O)C1. The molecular formula is C10H20O. The molecule has 66 valence electrons. The Hall–Kier alpha value is -0.0400. The fourth-order valence-corrected chi connectivity index (χ4v) is 2.14. The fourth-order valence-electron chi connectivity index (χ4n) is 2.14. The molecule has 0 spiro atoms. The molecule has 1 nitrogen and oxygen atoms in total. The van der Waals surface area contributed by atoms with Gasteiger partial charge in [0, 0.05) is 0 Å². The minimum Gasteiger partial charge on any atom is -0.393 e. The third kappa shape index (κ3) is 2.48. The van der Waals surface area contributed by atoms with Crippen molar-refractivity contribution in [2.45, 2.75) is 52.1 Å². The Labute approximate surface area is 69.8 Å². The van der Waals surface area contributed by atoms with Gasteiger partial charge in [0.1, 0.15) is 0 Å². The van der Waals surface area contributed by atoms with Gasteiger partial charge in [-0.1, -0.05) is 26.2 Å². The van der Waals surface area contributed by atoms with E-state index in [4.69, 9.17) is 0 Å². The normalized spacial score (nSPS) is 35.2. The van der Waals surface area contributed by atoms with E-state index in [0.29, 0.717) is 5.92 Å². The van der Waals surface area contributed by atoms with Crippen molar-refractivity contribution in [3.8, 4) is 0 Å². The second-order valence-corrected chi connectivity index (χ2v) is 3.94. The van der Waals surface area contributed by atoms with Crippen LogP contribution < -0.4 is 0 Å². The summed E-state index contributed by atoms with van der Waals surface area (Å²) in [7, 11) is 0. The zero-order chi connectivity index (χ0) is 8.27. The molecule has 1 rings (SSSR count). The zero-order valence-corrected chi connectivity index (χ0v) is 7.71. The number of rotatable bonds is 2. The van der Waals surface area contributed by atoms with Crippen molar-refractivity contribution in [2.75, 3.05) is 0 Å². The summed E-state index contributed by atoms with van der Waals surface area (Å²) in [6, 6.07) is 0. The first-order valence-electron chi connectivity index (χ1n) is 4.92. The van der Waals surface area contributed by atoms with Gasteiger partial charge in [0.15, 0.2) is 0 Å². The molecule has 1 fully saturated rings. The summed E-state index contributed by atoms with van der Waals surface area (Å²) in [6.07, 6.45) is 6.43. The van der Waals surface area contributed by atoms with Crippen LogP contribution in [-0.4, -0.2) is 11.2 Å². The van der Waals surface area contributed by atoms with Gasteiger partial charge in [0.05, 0.1) is 6.10 Å². The molecule has 1 aliphatic rings. The molecule has 3 atom stereocenters. The number of aliphatic hydroxyl groups is 1. The average Bonchev–Trinajstić information content (AvgIpc) is 2.05. The van der Waals surface area contributed by atoms with Crippen molar-refractivity contribution in [1.29, 1.82) is 0 Å². The van der Waals surface area contributed by atoms with Crippen LogP contribution in [0.15, 0.2) is 0 Å². The van der Waals surface area contributed by atoms with Gasteiger partial charge in [0.25, 0.3) is 0 Å². The summed E-state index contributed by atoms with van der Waals surface area (Å²) in [5, 5.41) is 9.39. The van der Waals surface area contributed by atoms with Crippen LogP contribution in [0.25, 0.3) is 0 Å². The molecule has 0 aromatic heterocycles. The average molecular weight is 156 g/mol. The van der Waals surface area contributed by atoms with Gasteiger partial charge in [0.2, 0.25) is 0 Å². The molecule has 0 bridgehead atoms. The largest absolute Gasteiger partial charge is 0.393 e. The van der Waals surface area contributed by atoms with Gasteiger partial charge in [-0.25, -0.2) is 0 Å². The predicted molar refractivity (Wildman–Crippen MR) is 47.4 cm³/mol. The highest BCUT2D eigenvalue weighted by Gasteiger charge is 2.23. The second-order valence-electron chi connectivity index (χ2n) is 3.94. The third-order valence-electron chi connectivity index (χ3n) is 3.08. The van der Waals surface area contributed by atoms with Crippen molar-refractivity contribution in [1.82, 2.24) is 0 Å². The van der Waals surface area contributed by atoms with Crippen LogP contribution >= 0.6 is 0 Å². The van der Waals surface area contributed by atoms with Crippen LogP contribution in [0, 0.1) is 11.8 Å². The molecule has 1 aliphatic carbocycles. The highest BCUT2D eigenvalue weighted by Crippen LogP contribution is 2.32. The molecule has 0 heterocycles. The summed E-state index contributed by atoms with van der Waals surface area (Å²) in [6.45, 7) is 4.19. The molecule has 3 unspecified atom stereocenters. The summed E-state index contributed by atoms with van der Waals surface area (Å²) in [4.78, 5) is 0. The Kier molecular flexibility index (Phi) is 3.38. The molecule has 1 saturated carbocycles. The monoisotopic (exact) mass is 156 g/mol. The van der Waals surface area contributed by atoms with E-state index in [1.54, 1.807) is 0 Å². The van der Waals surface area contributed by atoms with Gasteiger partial charge in [-0.2, -0.15) is 0 Å². The Balaban J connectivity index is 2.33.